The highest BCUT2D eigenvalue weighted by Gasteiger charge is 2.11. The van der Waals surface area contributed by atoms with Gasteiger partial charge in [0.1, 0.15) is 5.75 Å². The molecule has 0 atom stereocenters. The lowest BCUT2D eigenvalue weighted by molar-refractivity contribution is 0.475. The maximum atomic E-state index is 12.5. The number of rotatable bonds is 4. The van der Waals surface area contributed by atoms with Crippen molar-refractivity contribution in [3.8, 4) is 5.75 Å². The van der Waals surface area contributed by atoms with E-state index < -0.39 is 0 Å². The number of H-pyrrole nitrogens is 2. The Kier molecular flexibility index (Phi) is 4.69. The summed E-state index contributed by atoms with van der Waals surface area (Å²) < 4.78 is 0. The molecule has 2 heterocycles. The SMILES string of the molecule is O=c1[nH]c2ccc3[nH]cccc3c2c1C=Nc1ccc(/C=C/c2ccc(O)cc2)cc1. The van der Waals surface area contributed by atoms with Crippen LogP contribution < -0.4 is 5.56 Å². The van der Waals surface area contributed by atoms with Gasteiger partial charge < -0.3 is 15.1 Å². The average molecular weight is 405 g/mol. The lowest BCUT2D eigenvalue weighted by atomic mass is 10.1. The van der Waals surface area contributed by atoms with Crippen molar-refractivity contribution >= 4 is 45.9 Å². The zero-order valence-corrected chi connectivity index (χ0v) is 16.5. The first-order valence-electron chi connectivity index (χ1n) is 9.91. The van der Waals surface area contributed by atoms with Gasteiger partial charge in [0.15, 0.2) is 0 Å². The topological polar surface area (TPSA) is 81.2 Å². The molecule has 0 aliphatic heterocycles. The first kappa shape index (κ1) is 18.6. The lowest BCUT2D eigenvalue weighted by Crippen LogP contribution is -2.04. The molecule has 0 fully saturated rings. The van der Waals surface area contributed by atoms with Crippen LogP contribution in [0.2, 0.25) is 0 Å². The van der Waals surface area contributed by atoms with Gasteiger partial charge in [-0.3, -0.25) is 9.79 Å². The van der Waals surface area contributed by atoms with E-state index in [1.54, 1.807) is 18.3 Å². The van der Waals surface area contributed by atoms with E-state index in [2.05, 4.69) is 15.0 Å². The Morgan fingerprint density at radius 2 is 1.48 bits per heavy atom. The Bertz CT molecular complexity index is 1490. The van der Waals surface area contributed by atoms with Crippen LogP contribution in [0.25, 0.3) is 34.0 Å². The van der Waals surface area contributed by atoms with Crippen LogP contribution in [-0.4, -0.2) is 21.3 Å². The zero-order valence-electron chi connectivity index (χ0n) is 16.5. The molecule has 0 bridgehead atoms. The molecule has 0 aliphatic carbocycles. The molecule has 0 saturated carbocycles. The third-order valence-corrected chi connectivity index (χ3v) is 5.20. The summed E-state index contributed by atoms with van der Waals surface area (Å²) in [5, 5.41) is 11.2. The summed E-state index contributed by atoms with van der Waals surface area (Å²) >= 11 is 0. The summed E-state index contributed by atoms with van der Waals surface area (Å²) in [4.78, 5) is 23.2. The van der Waals surface area contributed by atoms with E-state index in [4.69, 9.17) is 0 Å². The highest BCUT2D eigenvalue weighted by atomic mass is 16.3. The maximum absolute atomic E-state index is 12.5. The van der Waals surface area contributed by atoms with E-state index in [0.29, 0.717) is 5.56 Å². The number of aromatic amines is 2. The van der Waals surface area contributed by atoms with Crippen LogP contribution in [0.1, 0.15) is 16.7 Å². The van der Waals surface area contributed by atoms with Crippen LogP contribution in [0.15, 0.2) is 88.8 Å². The molecule has 0 amide bonds. The molecule has 0 saturated heterocycles. The highest BCUT2D eigenvalue weighted by molar-refractivity contribution is 6.13. The van der Waals surface area contributed by atoms with Gasteiger partial charge in [0.2, 0.25) is 0 Å². The summed E-state index contributed by atoms with van der Waals surface area (Å²) in [5.41, 5.74) is 4.97. The van der Waals surface area contributed by atoms with Gasteiger partial charge in [0.05, 0.1) is 11.3 Å². The Labute approximate surface area is 178 Å². The quantitative estimate of drug-likeness (QED) is 0.267. The number of nitrogens with one attached hydrogen (secondary N) is 2. The number of aliphatic imine (C=N–C) groups is 1. The normalized spacial score (nSPS) is 11.9. The first-order valence-corrected chi connectivity index (χ1v) is 9.91. The molecule has 5 aromatic rings. The third kappa shape index (κ3) is 3.76. The van der Waals surface area contributed by atoms with E-state index in [0.717, 1.165) is 38.6 Å². The molecule has 0 unspecified atom stereocenters. The molecule has 5 rings (SSSR count). The van der Waals surface area contributed by atoms with Gasteiger partial charge in [-0.05, 0) is 53.6 Å². The summed E-state index contributed by atoms with van der Waals surface area (Å²) in [6, 6.07) is 22.6. The van der Waals surface area contributed by atoms with Crippen LogP contribution >= 0.6 is 0 Å². The fraction of sp³-hybridized carbons (Fsp3) is 0. The van der Waals surface area contributed by atoms with Crippen molar-refractivity contribution in [2.75, 3.05) is 0 Å². The molecule has 31 heavy (non-hydrogen) atoms. The Morgan fingerprint density at radius 3 is 2.23 bits per heavy atom. The fourth-order valence-corrected chi connectivity index (χ4v) is 3.61. The number of hydrogen-bond acceptors (Lipinski definition) is 3. The third-order valence-electron chi connectivity index (χ3n) is 5.20. The number of phenols is 1. The number of aromatic hydroxyl groups is 1. The zero-order chi connectivity index (χ0) is 21.2. The molecule has 5 heteroatoms. The van der Waals surface area contributed by atoms with E-state index >= 15 is 0 Å². The van der Waals surface area contributed by atoms with E-state index in [1.165, 1.54) is 0 Å². The predicted molar refractivity (Wildman–Crippen MR) is 127 cm³/mol. The maximum Gasteiger partial charge on any atom is 0.257 e. The molecule has 2 aromatic heterocycles. The van der Waals surface area contributed by atoms with Crippen molar-refractivity contribution in [1.29, 1.82) is 0 Å². The van der Waals surface area contributed by atoms with E-state index in [1.807, 2.05) is 79.0 Å². The molecule has 0 aliphatic rings. The standard InChI is InChI=1S/C26H19N3O2/c30-20-11-7-18(8-12-20)4-3-17-5-9-19(10-6-17)28-16-22-25-21-2-1-15-27-23(21)13-14-24(25)29-26(22)31/h1-16,27,30H,(H,29,31)/b4-3+,28-16?. The second kappa shape index (κ2) is 7.80. The van der Waals surface area contributed by atoms with Gasteiger partial charge >= 0.3 is 0 Å². The van der Waals surface area contributed by atoms with Gasteiger partial charge in [-0.2, -0.15) is 0 Å². The number of aromatic nitrogens is 2. The van der Waals surface area contributed by atoms with Crippen LogP contribution in [0.3, 0.4) is 0 Å². The van der Waals surface area contributed by atoms with Gasteiger partial charge in [0.25, 0.3) is 5.56 Å². The molecule has 3 aromatic carbocycles. The number of phenolic OH excluding ortho intramolecular Hbond substituents is 1. The number of fused-ring (bicyclic) bond motifs is 3. The summed E-state index contributed by atoms with van der Waals surface area (Å²) in [6.07, 6.45) is 7.48. The molecule has 3 N–H and O–H groups in total. The number of pyridine rings is 1. The number of nitrogens with zero attached hydrogens (tertiary/aromatic N) is 1. The first-order chi connectivity index (χ1) is 15.2. The minimum absolute atomic E-state index is 0.149. The minimum Gasteiger partial charge on any atom is -0.508 e. The average Bonchev–Trinajstić information content (AvgIpc) is 3.13. The monoisotopic (exact) mass is 405 g/mol. The van der Waals surface area contributed by atoms with Crippen molar-refractivity contribution in [2.24, 2.45) is 4.99 Å². The summed E-state index contributed by atoms with van der Waals surface area (Å²) in [6.45, 7) is 0. The second-order valence-corrected chi connectivity index (χ2v) is 7.26. The Hall–Kier alpha value is -4.38. The van der Waals surface area contributed by atoms with Crippen molar-refractivity contribution < 1.29 is 5.11 Å². The molecule has 0 spiro atoms. The van der Waals surface area contributed by atoms with Crippen molar-refractivity contribution in [1.82, 2.24) is 9.97 Å². The molecular formula is C26H19N3O2. The fourth-order valence-electron chi connectivity index (χ4n) is 3.61. The largest absolute Gasteiger partial charge is 0.508 e. The molecule has 0 radical (unpaired) electrons. The molecular weight excluding hydrogens is 386 g/mol. The van der Waals surface area contributed by atoms with E-state index in [-0.39, 0.29) is 11.3 Å². The molecule has 150 valence electrons. The number of hydrogen-bond donors (Lipinski definition) is 3. The lowest BCUT2D eigenvalue weighted by Gasteiger charge is -2.00. The van der Waals surface area contributed by atoms with Crippen LogP contribution in [0.4, 0.5) is 5.69 Å². The Balaban J connectivity index is 1.42. The smallest absolute Gasteiger partial charge is 0.257 e. The van der Waals surface area contributed by atoms with E-state index in [9.17, 15) is 9.90 Å². The van der Waals surface area contributed by atoms with Gasteiger partial charge in [-0.15, -0.1) is 0 Å². The van der Waals surface area contributed by atoms with Gasteiger partial charge in [-0.25, -0.2) is 0 Å². The van der Waals surface area contributed by atoms with Gasteiger partial charge in [-0.1, -0.05) is 42.5 Å². The second-order valence-electron chi connectivity index (χ2n) is 7.26. The predicted octanol–water partition coefficient (Wildman–Crippen LogP) is 5.64. The highest BCUT2D eigenvalue weighted by Crippen LogP contribution is 2.24. The van der Waals surface area contributed by atoms with Gasteiger partial charge in [0, 0.05) is 34.2 Å². The van der Waals surface area contributed by atoms with Crippen LogP contribution in [-0.2, 0) is 0 Å². The molecule has 5 nitrogen and oxygen atoms in total. The number of benzene rings is 3. The van der Waals surface area contributed by atoms with Crippen LogP contribution in [0.5, 0.6) is 5.75 Å². The Morgan fingerprint density at radius 1 is 0.806 bits per heavy atom. The van der Waals surface area contributed by atoms with Crippen molar-refractivity contribution in [3.05, 3.63) is 106 Å². The van der Waals surface area contributed by atoms with Crippen molar-refractivity contribution in [3.63, 3.8) is 0 Å². The summed E-state index contributed by atoms with van der Waals surface area (Å²) in [5.74, 6) is 0.252. The minimum atomic E-state index is -0.149. The van der Waals surface area contributed by atoms with Crippen LogP contribution in [0, 0.1) is 0 Å². The van der Waals surface area contributed by atoms with Crippen molar-refractivity contribution in [2.45, 2.75) is 0 Å². The summed E-state index contributed by atoms with van der Waals surface area (Å²) in [7, 11) is 0.